The summed E-state index contributed by atoms with van der Waals surface area (Å²) < 4.78 is 5.43. The van der Waals surface area contributed by atoms with Crippen LogP contribution in [0, 0.1) is 0 Å². The lowest BCUT2D eigenvalue weighted by Gasteiger charge is -2.11. The first-order chi connectivity index (χ1) is 10.7. The number of hydrogen-bond acceptors (Lipinski definition) is 3. The Hall–Kier alpha value is -2.11. The van der Waals surface area contributed by atoms with E-state index in [9.17, 15) is 4.79 Å². The van der Waals surface area contributed by atoms with Gasteiger partial charge in [-0.2, -0.15) is 0 Å². The molecular weight excluding hydrogens is 278 g/mol. The maximum Gasteiger partial charge on any atom is 0.319 e. The Bertz CT molecular complexity index is 608. The number of fused-ring (bicyclic) bond motifs is 1. The van der Waals surface area contributed by atoms with Crippen molar-refractivity contribution in [3.63, 3.8) is 0 Å². The zero-order valence-corrected chi connectivity index (χ0v) is 13.1. The minimum atomic E-state index is -0.215. The lowest BCUT2D eigenvalue weighted by molar-refractivity contribution is 0.120. The van der Waals surface area contributed by atoms with Crippen molar-refractivity contribution < 1.29 is 9.53 Å². The first-order valence-electron chi connectivity index (χ1n) is 7.42. The summed E-state index contributed by atoms with van der Waals surface area (Å²) in [6, 6.07) is 13.6. The Morgan fingerprint density at radius 3 is 2.68 bits per heavy atom. The molecule has 2 amide bonds. The van der Waals surface area contributed by atoms with Gasteiger partial charge < -0.3 is 20.3 Å². The van der Waals surface area contributed by atoms with Crippen LogP contribution in [0.1, 0.15) is 0 Å². The summed E-state index contributed by atoms with van der Waals surface area (Å²) in [4.78, 5) is 14.0. The molecular formula is C17H23N3O2. The minimum Gasteiger partial charge on any atom is -0.378 e. The van der Waals surface area contributed by atoms with Crippen molar-refractivity contribution in [1.29, 1.82) is 0 Å². The van der Waals surface area contributed by atoms with E-state index in [1.165, 1.54) is 0 Å². The molecule has 0 aromatic heterocycles. The van der Waals surface area contributed by atoms with Gasteiger partial charge in [-0.05, 0) is 25.5 Å². The number of amides is 2. The lowest BCUT2D eigenvalue weighted by atomic mass is 10.1. The number of urea groups is 1. The summed E-state index contributed by atoms with van der Waals surface area (Å²) in [6.07, 6.45) is 0. The molecule has 0 radical (unpaired) electrons. The Morgan fingerprint density at radius 2 is 1.86 bits per heavy atom. The van der Waals surface area contributed by atoms with Gasteiger partial charge in [0.25, 0.3) is 0 Å². The third-order valence-electron chi connectivity index (χ3n) is 3.25. The summed E-state index contributed by atoms with van der Waals surface area (Å²) in [5.74, 6) is 0. The van der Waals surface area contributed by atoms with Crippen molar-refractivity contribution in [2.45, 2.75) is 0 Å². The molecule has 0 aliphatic carbocycles. The van der Waals surface area contributed by atoms with Gasteiger partial charge in [0.2, 0.25) is 0 Å². The molecule has 2 aromatic carbocycles. The quantitative estimate of drug-likeness (QED) is 0.773. The van der Waals surface area contributed by atoms with Gasteiger partial charge in [0.15, 0.2) is 0 Å². The highest BCUT2D eigenvalue weighted by molar-refractivity contribution is 6.01. The van der Waals surface area contributed by atoms with E-state index >= 15 is 0 Å². The first-order valence-corrected chi connectivity index (χ1v) is 7.42. The van der Waals surface area contributed by atoms with Crippen LogP contribution in [0.3, 0.4) is 0 Å². The van der Waals surface area contributed by atoms with E-state index in [1.807, 2.05) is 56.6 Å². The fourth-order valence-corrected chi connectivity index (χ4v) is 2.09. The maximum atomic E-state index is 11.9. The van der Waals surface area contributed by atoms with Gasteiger partial charge in [-0.25, -0.2) is 4.79 Å². The van der Waals surface area contributed by atoms with E-state index in [-0.39, 0.29) is 6.03 Å². The summed E-state index contributed by atoms with van der Waals surface area (Å²) in [5, 5.41) is 7.81. The van der Waals surface area contributed by atoms with Crippen molar-refractivity contribution in [3.8, 4) is 0 Å². The SMILES string of the molecule is CN(C)CCOCCNC(=O)Nc1cccc2ccccc12. The molecule has 0 heterocycles. The van der Waals surface area contributed by atoms with E-state index in [0.29, 0.717) is 19.8 Å². The Morgan fingerprint density at radius 1 is 1.09 bits per heavy atom. The van der Waals surface area contributed by atoms with Crippen LogP contribution in [0.5, 0.6) is 0 Å². The van der Waals surface area contributed by atoms with Gasteiger partial charge in [0, 0.05) is 18.5 Å². The first kappa shape index (κ1) is 16.3. The normalized spacial score (nSPS) is 10.9. The Balaban J connectivity index is 1.77. The number of nitrogens with one attached hydrogen (secondary N) is 2. The van der Waals surface area contributed by atoms with Crippen LogP contribution in [0.25, 0.3) is 10.8 Å². The molecule has 2 aromatic rings. The zero-order valence-electron chi connectivity index (χ0n) is 13.1. The molecule has 5 nitrogen and oxygen atoms in total. The van der Waals surface area contributed by atoms with Gasteiger partial charge in [-0.15, -0.1) is 0 Å². The number of benzene rings is 2. The second kappa shape index (κ2) is 8.36. The second-order valence-corrected chi connectivity index (χ2v) is 5.32. The number of anilines is 1. The minimum absolute atomic E-state index is 0.215. The fraction of sp³-hybridized carbons (Fsp3) is 0.353. The van der Waals surface area contributed by atoms with Crippen molar-refractivity contribution in [3.05, 3.63) is 42.5 Å². The number of ether oxygens (including phenoxy) is 1. The van der Waals surface area contributed by atoms with Crippen molar-refractivity contribution in [2.75, 3.05) is 45.7 Å². The number of likely N-dealkylation sites (N-methyl/N-ethyl adjacent to an activating group) is 1. The molecule has 0 fully saturated rings. The molecule has 0 atom stereocenters. The molecule has 0 aliphatic rings. The number of hydrogen-bond donors (Lipinski definition) is 2. The summed E-state index contributed by atoms with van der Waals surface area (Å²) in [7, 11) is 4.00. The van der Waals surface area contributed by atoms with Crippen LogP contribution in [0.15, 0.2) is 42.5 Å². The number of nitrogens with zero attached hydrogens (tertiary/aromatic N) is 1. The second-order valence-electron chi connectivity index (χ2n) is 5.32. The average molecular weight is 301 g/mol. The number of carbonyl (C=O) groups excluding carboxylic acids is 1. The van der Waals surface area contributed by atoms with E-state index in [1.54, 1.807) is 0 Å². The van der Waals surface area contributed by atoms with Crippen LogP contribution >= 0.6 is 0 Å². The molecule has 2 N–H and O–H groups in total. The molecule has 0 bridgehead atoms. The molecule has 22 heavy (non-hydrogen) atoms. The molecule has 2 rings (SSSR count). The summed E-state index contributed by atoms with van der Waals surface area (Å²) >= 11 is 0. The van der Waals surface area contributed by atoms with Crippen molar-refractivity contribution in [2.24, 2.45) is 0 Å². The van der Waals surface area contributed by atoms with Gasteiger partial charge in [-0.1, -0.05) is 36.4 Å². The van der Waals surface area contributed by atoms with Crippen LogP contribution in [0.2, 0.25) is 0 Å². The smallest absolute Gasteiger partial charge is 0.319 e. The highest BCUT2D eigenvalue weighted by atomic mass is 16.5. The standard InChI is InChI=1S/C17H23N3O2/c1-20(2)11-13-22-12-10-18-17(21)19-16-9-5-7-14-6-3-4-8-15(14)16/h3-9H,10-13H2,1-2H3,(H2,18,19,21). The van der Waals surface area contributed by atoms with E-state index in [0.717, 1.165) is 23.0 Å². The van der Waals surface area contributed by atoms with Crippen molar-refractivity contribution in [1.82, 2.24) is 10.2 Å². The van der Waals surface area contributed by atoms with Gasteiger partial charge in [-0.3, -0.25) is 0 Å². The Kier molecular flexibility index (Phi) is 6.18. The molecule has 0 unspecified atom stereocenters. The highest BCUT2D eigenvalue weighted by Gasteiger charge is 2.04. The molecule has 0 saturated heterocycles. The largest absolute Gasteiger partial charge is 0.378 e. The lowest BCUT2D eigenvalue weighted by Crippen LogP contribution is -2.32. The topological polar surface area (TPSA) is 53.6 Å². The average Bonchev–Trinajstić information content (AvgIpc) is 2.51. The highest BCUT2D eigenvalue weighted by Crippen LogP contribution is 2.22. The van der Waals surface area contributed by atoms with E-state index < -0.39 is 0 Å². The number of rotatable bonds is 7. The summed E-state index contributed by atoms with van der Waals surface area (Å²) in [5.41, 5.74) is 0.809. The van der Waals surface area contributed by atoms with Gasteiger partial charge in [0.05, 0.1) is 18.9 Å². The van der Waals surface area contributed by atoms with Crippen LogP contribution in [0.4, 0.5) is 10.5 Å². The van der Waals surface area contributed by atoms with Crippen LogP contribution in [-0.4, -0.2) is 51.3 Å². The van der Waals surface area contributed by atoms with Crippen LogP contribution < -0.4 is 10.6 Å². The Labute approximate surface area is 131 Å². The predicted octanol–water partition coefficient (Wildman–Crippen LogP) is 2.54. The maximum absolute atomic E-state index is 11.9. The third-order valence-corrected chi connectivity index (χ3v) is 3.25. The van der Waals surface area contributed by atoms with Crippen molar-refractivity contribution >= 4 is 22.5 Å². The van der Waals surface area contributed by atoms with E-state index in [2.05, 4.69) is 15.5 Å². The fourth-order valence-electron chi connectivity index (χ4n) is 2.09. The molecule has 0 spiro atoms. The van der Waals surface area contributed by atoms with Gasteiger partial charge >= 0.3 is 6.03 Å². The molecule has 0 aliphatic heterocycles. The van der Waals surface area contributed by atoms with Crippen LogP contribution in [-0.2, 0) is 4.74 Å². The van der Waals surface area contributed by atoms with E-state index in [4.69, 9.17) is 4.74 Å². The molecule has 5 heteroatoms. The zero-order chi connectivity index (χ0) is 15.8. The molecule has 0 saturated carbocycles. The predicted molar refractivity (Wildman–Crippen MR) is 90.3 cm³/mol. The van der Waals surface area contributed by atoms with Gasteiger partial charge in [0.1, 0.15) is 0 Å². The monoisotopic (exact) mass is 301 g/mol. The molecule has 118 valence electrons. The number of carbonyl (C=O) groups is 1. The third kappa shape index (κ3) is 5.02. The summed E-state index contributed by atoms with van der Waals surface area (Å²) in [6.45, 7) is 2.54.